The Kier molecular flexibility index (Phi) is 2.21. The Morgan fingerprint density at radius 1 is 0.824 bits per heavy atom. The van der Waals surface area contributed by atoms with E-state index < -0.39 is 0 Å². The number of nitrogens with zero attached hydrogens (tertiary/aromatic N) is 2. The molecule has 1 aliphatic heterocycles. The average molecular weight is 232 g/mol. The maximum atomic E-state index is 13.7. The molecule has 1 heterocycles. The van der Waals surface area contributed by atoms with E-state index in [1.54, 1.807) is 41.3 Å². The van der Waals surface area contributed by atoms with E-state index in [0.29, 0.717) is 22.2 Å². The highest BCUT2D eigenvalue weighted by molar-refractivity contribution is 5.81. The van der Waals surface area contributed by atoms with Gasteiger partial charge < -0.3 is 4.90 Å². The first-order valence-corrected chi connectivity index (χ1v) is 5.32. The lowest BCUT2D eigenvalue weighted by Crippen LogP contribution is -2.21. The molecule has 17 heavy (non-hydrogen) atoms. The van der Waals surface area contributed by atoms with Gasteiger partial charge in [-0.1, -0.05) is 28.7 Å². The monoisotopic (exact) mass is 232 g/mol. The fourth-order valence-electron chi connectivity index (χ4n) is 2.05. The van der Waals surface area contributed by atoms with Crippen LogP contribution < -0.4 is 10.0 Å². The van der Waals surface area contributed by atoms with Gasteiger partial charge in [0.25, 0.3) is 0 Å². The SMILES string of the molecule is Fc1ccccc1N1CN(F)c2ccccc21. The van der Waals surface area contributed by atoms with Gasteiger partial charge in [-0.25, -0.2) is 4.39 Å². The van der Waals surface area contributed by atoms with Crippen molar-refractivity contribution in [2.45, 2.75) is 0 Å². The van der Waals surface area contributed by atoms with Crippen LogP contribution in [0.25, 0.3) is 0 Å². The third-order valence-electron chi connectivity index (χ3n) is 2.84. The standard InChI is InChI=1S/C13H10F2N2/c14-10-5-1-2-6-11(10)16-9-17(15)13-8-4-3-7-12(13)16/h1-8H,9H2. The maximum absolute atomic E-state index is 13.7. The summed E-state index contributed by atoms with van der Waals surface area (Å²) in [6.45, 7) is 0.0142. The number of anilines is 3. The smallest absolute Gasteiger partial charge is 0.146 e. The molecule has 1 aliphatic rings. The van der Waals surface area contributed by atoms with Crippen LogP contribution in [-0.2, 0) is 0 Å². The van der Waals surface area contributed by atoms with E-state index in [0.717, 1.165) is 0 Å². The number of hydrogen-bond acceptors (Lipinski definition) is 2. The molecule has 0 radical (unpaired) electrons. The highest BCUT2D eigenvalue weighted by atomic mass is 19.2. The van der Waals surface area contributed by atoms with Crippen molar-refractivity contribution in [2.75, 3.05) is 16.7 Å². The quantitative estimate of drug-likeness (QED) is 0.693. The molecule has 0 atom stereocenters. The highest BCUT2D eigenvalue weighted by Gasteiger charge is 2.27. The van der Waals surface area contributed by atoms with E-state index in [-0.39, 0.29) is 12.5 Å². The van der Waals surface area contributed by atoms with E-state index in [4.69, 9.17) is 0 Å². The Bertz CT molecular complexity index is 557. The molecular formula is C13H10F2N2. The molecule has 0 saturated carbocycles. The van der Waals surface area contributed by atoms with Gasteiger partial charge in [0.05, 0.1) is 17.1 Å². The van der Waals surface area contributed by atoms with Crippen molar-refractivity contribution >= 4 is 17.1 Å². The molecule has 0 fully saturated rings. The van der Waals surface area contributed by atoms with E-state index in [1.165, 1.54) is 6.07 Å². The summed E-state index contributed by atoms with van der Waals surface area (Å²) < 4.78 is 27.3. The summed E-state index contributed by atoms with van der Waals surface area (Å²) in [5.41, 5.74) is 1.54. The fourth-order valence-corrected chi connectivity index (χ4v) is 2.05. The van der Waals surface area contributed by atoms with Crippen molar-refractivity contribution in [2.24, 2.45) is 0 Å². The van der Waals surface area contributed by atoms with Crippen LogP contribution in [0, 0.1) is 5.82 Å². The van der Waals surface area contributed by atoms with Gasteiger partial charge in [-0.05, 0) is 24.3 Å². The zero-order chi connectivity index (χ0) is 11.8. The molecule has 0 amide bonds. The van der Waals surface area contributed by atoms with Crippen molar-refractivity contribution in [3.63, 3.8) is 0 Å². The summed E-state index contributed by atoms with van der Waals surface area (Å²) in [7, 11) is 0. The van der Waals surface area contributed by atoms with Crippen LogP contribution in [0.2, 0.25) is 0 Å². The van der Waals surface area contributed by atoms with Crippen LogP contribution in [0.5, 0.6) is 0 Å². The Morgan fingerprint density at radius 3 is 2.12 bits per heavy atom. The summed E-state index contributed by atoms with van der Waals surface area (Å²) in [5, 5.41) is 0.613. The van der Waals surface area contributed by atoms with Gasteiger partial charge in [0, 0.05) is 0 Å². The summed E-state index contributed by atoms with van der Waals surface area (Å²) >= 11 is 0. The molecule has 0 aromatic heterocycles. The van der Waals surface area contributed by atoms with Crippen molar-refractivity contribution in [3.8, 4) is 0 Å². The fraction of sp³-hybridized carbons (Fsp3) is 0.0769. The zero-order valence-corrected chi connectivity index (χ0v) is 8.98. The molecule has 2 nitrogen and oxygen atoms in total. The van der Waals surface area contributed by atoms with Crippen molar-refractivity contribution in [3.05, 3.63) is 54.3 Å². The van der Waals surface area contributed by atoms with E-state index in [1.807, 2.05) is 6.07 Å². The van der Waals surface area contributed by atoms with Gasteiger partial charge in [-0.3, -0.25) is 0 Å². The molecule has 0 unspecified atom stereocenters. The van der Waals surface area contributed by atoms with E-state index >= 15 is 0 Å². The Hall–Kier alpha value is -2.10. The maximum Gasteiger partial charge on any atom is 0.146 e. The first kappa shape index (κ1) is 10.1. The van der Waals surface area contributed by atoms with Crippen LogP contribution in [0.4, 0.5) is 25.9 Å². The molecule has 3 rings (SSSR count). The highest BCUT2D eigenvalue weighted by Crippen LogP contribution is 2.40. The van der Waals surface area contributed by atoms with Crippen LogP contribution in [0.1, 0.15) is 0 Å². The zero-order valence-electron chi connectivity index (χ0n) is 8.98. The number of para-hydroxylation sites is 3. The molecule has 86 valence electrons. The van der Waals surface area contributed by atoms with Crippen LogP contribution in [0.3, 0.4) is 0 Å². The Morgan fingerprint density at radius 2 is 1.41 bits per heavy atom. The third kappa shape index (κ3) is 1.53. The van der Waals surface area contributed by atoms with Gasteiger partial charge >= 0.3 is 0 Å². The number of rotatable bonds is 1. The van der Waals surface area contributed by atoms with Gasteiger partial charge in [0.15, 0.2) is 0 Å². The molecule has 2 aromatic carbocycles. The normalized spacial score (nSPS) is 14.0. The van der Waals surface area contributed by atoms with Gasteiger partial charge in [0.1, 0.15) is 12.5 Å². The van der Waals surface area contributed by atoms with Gasteiger partial charge in [-0.2, -0.15) is 5.12 Å². The van der Waals surface area contributed by atoms with Crippen LogP contribution >= 0.6 is 0 Å². The number of fused-ring (bicyclic) bond motifs is 1. The van der Waals surface area contributed by atoms with Gasteiger partial charge in [0.2, 0.25) is 0 Å². The second-order valence-electron chi connectivity index (χ2n) is 3.87. The lowest BCUT2D eigenvalue weighted by Gasteiger charge is -2.18. The molecule has 4 heteroatoms. The van der Waals surface area contributed by atoms with Crippen molar-refractivity contribution in [1.82, 2.24) is 0 Å². The summed E-state index contributed by atoms with van der Waals surface area (Å²) in [6.07, 6.45) is 0. The summed E-state index contributed by atoms with van der Waals surface area (Å²) in [5.74, 6) is -0.349. The number of halogens is 2. The minimum absolute atomic E-state index is 0.0142. The predicted molar refractivity (Wildman–Crippen MR) is 63.4 cm³/mol. The number of hydrogen-bond donors (Lipinski definition) is 0. The largest absolute Gasteiger partial charge is 0.316 e. The van der Waals surface area contributed by atoms with Crippen molar-refractivity contribution < 1.29 is 8.87 Å². The van der Waals surface area contributed by atoms with Crippen LogP contribution in [-0.4, -0.2) is 6.67 Å². The second kappa shape index (κ2) is 3.73. The average Bonchev–Trinajstić information content (AvgIpc) is 2.68. The topological polar surface area (TPSA) is 6.48 Å². The minimum atomic E-state index is -0.349. The van der Waals surface area contributed by atoms with Crippen LogP contribution in [0.15, 0.2) is 48.5 Å². The minimum Gasteiger partial charge on any atom is -0.316 e. The van der Waals surface area contributed by atoms with E-state index in [9.17, 15) is 8.87 Å². The Balaban J connectivity index is 2.11. The lowest BCUT2D eigenvalue weighted by atomic mass is 10.2. The molecular weight excluding hydrogens is 222 g/mol. The third-order valence-corrected chi connectivity index (χ3v) is 2.84. The van der Waals surface area contributed by atoms with E-state index in [2.05, 4.69) is 0 Å². The molecule has 2 aromatic rings. The summed E-state index contributed by atoms with van der Waals surface area (Å²) in [4.78, 5) is 1.62. The Labute approximate surface area is 97.6 Å². The first-order chi connectivity index (χ1) is 8.27. The molecule has 0 bridgehead atoms. The predicted octanol–water partition coefficient (Wildman–Crippen LogP) is 3.63. The second-order valence-corrected chi connectivity index (χ2v) is 3.87. The first-order valence-electron chi connectivity index (χ1n) is 5.32. The molecule has 0 N–H and O–H groups in total. The molecule has 0 saturated heterocycles. The summed E-state index contributed by atoms with van der Waals surface area (Å²) in [6, 6.07) is 13.4. The molecule has 0 spiro atoms. The van der Waals surface area contributed by atoms with Gasteiger partial charge in [-0.15, -0.1) is 0 Å². The number of benzene rings is 2. The lowest BCUT2D eigenvalue weighted by molar-refractivity contribution is 0.450. The van der Waals surface area contributed by atoms with Crippen molar-refractivity contribution in [1.29, 1.82) is 0 Å². The molecule has 0 aliphatic carbocycles.